The normalized spacial score (nSPS) is 24.2. The van der Waals surface area contributed by atoms with Gasteiger partial charge in [-0.1, -0.05) is 30.8 Å². The minimum atomic E-state index is -0.0115. The van der Waals surface area contributed by atoms with E-state index in [1.54, 1.807) is 0 Å². The number of aryl methyl sites for hydroxylation is 1. The van der Waals surface area contributed by atoms with Crippen molar-refractivity contribution in [1.29, 1.82) is 0 Å². The van der Waals surface area contributed by atoms with Gasteiger partial charge in [-0.3, -0.25) is 4.79 Å². The Balaban J connectivity index is 1.73. The molecule has 1 aliphatic carbocycles. The highest BCUT2D eigenvalue weighted by atomic mass is 16.5. The van der Waals surface area contributed by atoms with Gasteiger partial charge in [0.15, 0.2) is 5.82 Å². The fourth-order valence-corrected chi connectivity index (χ4v) is 3.69. The highest BCUT2D eigenvalue weighted by molar-refractivity contribution is 5.77. The van der Waals surface area contributed by atoms with Crippen molar-refractivity contribution in [1.82, 2.24) is 15.0 Å². The van der Waals surface area contributed by atoms with Gasteiger partial charge in [-0.15, -0.1) is 0 Å². The molecule has 5 nitrogen and oxygen atoms in total. The Morgan fingerprint density at radius 3 is 2.67 bits per heavy atom. The first-order valence-electron chi connectivity index (χ1n) is 8.33. The quantitative estimate of drug-likeness (QED) is 0.856. The molecule has 1 unspecified atom stereocenters. The molecule has 116 valence electrons. The van der Waals surface area contributed by atoms with E-state index < -0.39 is 0 Å². The van der Waals surface area contributed by atoms with Gasteiger partial charge >= 0.3 is 0 Å². The second kappa shape index (κ2) is 6.58. The molecule has 2 fully saturated rings. The van der Waals surface area contributed by atoms with Gasteiger partial charge in [-0.2, -0.15) is 4.98 Å². The van der Waals surface area contributed by atoms with Gasteiger partial charge in [0.05, 0.1) is 0 Å². The van der Waals surface area contributed by atoms with Crippen LogP contribution in [0.2, 0.25) is 0 Å². The summed E-state index contributed by atoms with van der Waals surface area (Å²) in [6.07, 6.45) is 10.0. The second-order valence-corrected chi connectivity index (χ2v) is 6.49. The summed E-state index contributed by atoms with van der Waals surface area (Å²) in [6.45, 7) is 2.66. The molecule has 21 heavy (non-hydrogen) atoms. The average molecular weight is 291 g/mol. The predicted octanol–water partition coefficient (Wildman–Crippen LogP) is 3.40. The lowest BCUT2D eigenvalue weighted by Crippen LogP contribution is -2.35. The number of aromatic nitrogens is 2. The summed E-state index contributed by atoms with van der Waals surface area (Å²) >= 11 is 0. The van der Waals surface area contributed by atoms with Crippen molar-refractivity contribution < 1.29 is 9.32 Å². The summed E-state index contributed by atoms with van der Waals surface area (Å²) in [4.78, 5) is 19.1. The van der Waals surface area contributed by atoms with Crippen molar-refractivity contribution in [3.63, 3.8) is 0 Å². The molecule has 1 amide bonds. The SMILES string of the molecule is Cc1noc(C2CCCCCN2C(=O)CC2CCCC2)n1. The topological polar surface area (TPSA) is 59.2 Å². The highest BCUT2D eigenvalue weighted by Crippen LogP contribution is 2.33. The first kappa shape index (κ1) is 14.5. The zero-order chi connectivity index (χ0) is 14.7. The fourth-order valence-electron chi connectivity index (χ4n) is 3.69. The van der Waals surface area contributed by atoms with Crippen LogP contribution in [0, 0.1) is 12.8 Å². The molecule has 1 saturated carbocycles. The molecule has 2 heterocycles. The van der Waals surface area contributed by atoms with Crippen LogP contribution in [0.15, 0.2) is 4.52 Å². The van der Waals surface area contributed by atoms with Crippen LogP contribution in [-0.4, -0.2) is 27.5 Å². The Labute approximate surface area is 126 Å². The number of rotatable bonds is 3. The number of likely N-dealkylation sites (tertiary alicyclic amines) is 1. The van der Waals surface area contributed by atoms with E-state index in [4.69, 9.17) is 4.52 Å². The van der Waals surface area contributed by atoms with Gasteiger partial charge in [-0.05, 0) is 38.5 Å². The average Bonchev–Trinajstić information content (AvgIpc) is 3.05. The Bertz CT molecular complexity index is 480. The number of hydrogen-bond acceptors (Lipinski definition) is 4. The maximum Gasteiger partial charge on any atom is 0.249 e. The summed E-state index contributed by atoms with van der Waals surface area (Å²) in [5, 5.41) is 3.90. The van der Waals surface area contributed by atoms with Crippen LogP contribution < -0.4 is 0 Å². The maximum atomic E-state index is 12.7. The molecule has 2 aliphatic rings. The number of carbonyl (C=O) groups is 1. The maximum absolute atomic E-state index is 12.7. The number of nitrogens with zero attached hydrogens (tertiary/aromatic N) is 3. The molecule has 0 spiro atoms. The third kappa shape index (κ3) is 3.44. The largest absolute Gasteiger partial charge is 0.337 e. The molecule has 0 radical (unpaired) electrons. The lowest BCUT2D eigenvalue weighted by Gasteiger charge is -2.28. The van der Waals surface area contributed by atoms with Crippen LogP contribution in [0.5, 0.6) is 0 Å². The number of hydrogen-bond donors (Lipinski definition) is 0. The van der Waals surface area contributed by atoms with E-state index in [-0.39, 0.29) is 11.9 Å². The van der Waals surface area contributed by atoms with Gasteiger partial charge in [-0.25, -0.2) is 0 Å². The first-order chi connectivity index (χ1) is 10.2. The van der Waals surface area contributed by atoms with Gasteiger partial charge in [0.1, 0.15) is 6.04 Å². The Morgan fingerprint density at radius 2 is 1.95 bits per heavy atom. The summed E-state index contributed by atoms with van der Waals surface area (Å²) in [5.41, 5.74) is 0. The molecule has 1 aromatic heterocycles. The smallest absolute Gasteiger partial charge is 0.249 e. The number of carbonyl (C=O) groups excluding carboxylic acids is 1. The van der Waals surface area contributed by atoms with Gasteiger partial charge in [0, 0.05) is 13.0 Å². The van der Waals surface area contributed by atoms with Crippen molar-refractivity contribution in [3.8, 4) is 0 Å². The monoisotopic (exact) mass is 291 g/mol. The van der Waals surface area contributed by atoms with Crippen LogP contribution in [0.25, 0.3) is 0 Å². The van der Waals surface area contributed by atoms with E-state index in [2.05, 4.69) is 10.1 Å². The highest BCUT2D eigenvalue weighted by Gasteiger charge is 2.32. The zero-order valence-corrected chi connectivity index (χ0v) is 12.9. The zero-order valence-electron chi connectivity index (χ0n) is 12.9. The molecule has 1 atom stereocenters. The summed E-state index contributed by atoms with van der Waals surface area (Å²) in [5.74, 6) is 2.14. The lowest BCUT2D eigenvalue weighted by molar-refractivity contribution is -0.135. The lowest BCUT2D eigenvalue weighted by atomic mass is 10.0. The predicted molar refractivity (Wildman–Crippen MR) is 78.5 cm³/mol. The molecule has 5 heteroatoms. The molecule has 1 aromatic rings. The van der Waals surface area contributed by atoms with E-state index in [0.29, 0.717) is 24.1 Å². The Kier molecular flexibility index (Phi) is 4.56. The van der Waals surface area contributed by atoms with Crippen molar-refractivity contribution in [2.24, 2.45) is 5.92 Å². The van der Waals surface area contributed by atoms with Gasteiger partial charge < -0.3 is 9.42 Å². The molecule has 1 aliphatic heterocycles. The minimum Gasteiger partial charge on any atom is -0.337 e. The van der Waals surface area contributed by atoms with Crippen molar-refractivity contribution in [2.75, 3.05) is 6.54 Å². The summed E-state index contributed by atoms with van der Waals surface area (Å²) in [6, 6.07) is -0.0115. The van der Waals surface area contributed by atoms with Crippen molar-refractivity contribution in [2.45, 2.75) is 70.8 Å². The van der Waals surface area contributed by atoms with Crippen LogP contribution >= 0.6 is 0 Å². The standard InChI is InChI=1S/C16H25N3O2/c1-12-17-16(21-18-12)14-9-3-2-6-10-19(14)15(20)11-13-7-4-5-8-13/h13-14H,2-11H2,1H3. The van der Waals surface area contributed by atoms with E-state index >= 15 is 0 Å². The van der Waals surface area contributed by atoms with E-state index in [0.717, 1.165) is 25.8 Å². The van der Waals surface area contributed by atoms with Crippen LogP contribution in [-0.2, 0) is 4.79 Å². The van der Waals surface area contributed by atoms with Crippen molar-refractivity contribution in [3.05, 3.63) is 11.7 Å². The molecule has 1 saturated heterocycles. The third-order valence-corrected chi connectivity index (χ3v) is 4.84. The minimum absolute atomic E-state index is 0.0115. The first-order valence-corrected chi connectivity index (χ1v) is 8.33. The Hall–Kier alpha value is -1.39. The van der Waals surface area contributed by atoms with E-state index in [9.17, 15) is 4.79 Å². The fraction of sp³-hybridized carbons (Fsp3) is 0.812. The number of amides is 1. The van der Waals surface area contributed by atoms with Crippen LogP contribution in [0.4, 0.5) is 0 Å². The summed E-state index contributed by atoms with van der Waals surface area (Å²) in [7, 11) is 0. The molecule has 0 N–H and O–H groups in total. The van der Waals surface area contributed by atoms with Gasteiger partial charge in [0.25, 0.3) is 0 Å². The third-order valence-electron chi connectivity index (χ3n) is 4.84. The van der Waals surface area contributed by atoms with Crippen molar-refractivity contribution >= 4 is 5.91 Å². The van der Waals surface area contributed by atoms with E-state index in [1.807, 2.05) is 11.8 Å². The molecule has 0 bridgehead atoms. The molecule has 0 aromatic carbocycles. The van der Waals surface area contributed by atoms with E-state index in [1.165, 1.54) is 32.1 Å². The Morgan fingerprint density at radius 1 is 1.19 bits per heavy atom. The molecular weight excluding hydrogens is 266 g/mol. The van der Waals surface area contributed by atoms with Crippen LogP contribution in [0.3, 0.4) is 0 Å². The molecule has 3 rings (SSSR count). The summed E-state index contributed by atoms with van der Waals surface area (Å²) < 4.78 is 5.35. The van der Waals surface area contributed by atoms with Gasteiger partial charge in [0.2, 0.25) is 11.8 Å². The van der Waals surface area contributed by atoms with Crippen LogP contribution in [0.1, 0.15) is 75.5 Å². The molecular formula is C16H25N3O2. The second-order valence-electron chi connectivity index (χ2n) is 6.49.